The Balaban J connectivity index is 2.47. The summed E-state index contributed by atoms with van der Waals surface area (Å²) in [5, 5.41) is 9.61. The zero-order valence-corrected chi connectivity index (χ0v) is 8.27. The maximum absolute atomic E-state index is 8.71. The third kappa shape index (κ3) is 1.82. The van der Waals surface area contributed by atoms with Crippen LogP contribution in [0.4, 0.5) is 0 Å². The molecule has 0 spiro atoms. The molecule has 1 aromatic heterocycles. The second-order valence-electron chi connectivity index (χ2n) is 3.13. The van der Waals surface area contributed by atoms with Gasteiger partial charge in [-0.25, -0.2) is 0 Å². The number of benzene rings is 1. The third-order valence-electron chi connectivity index (χ3n) is 2.14. The lowest BCUT2D eigenvalue weighted by atomic mass is 10.2. The van der Waals surface area contributed by atoms with Crippen LogP contribution in [0.3, 0.4) is 0 Å². The van der Waals surface area contributed by atoms with E-state index in [9.17, 15) is 0 Å². The maximum atomic E-state index is 8.71. The smallest absolute Gasteiger partial charge is 0.169 e. The second kappa shape index (κ2) is 4.33. The molecule has 2 aromatic rings. The highest BCUT2D eigenvalue weighted by Crippen LogP contribution is 2.32. The number of hydrogen-bond acceptors (Lipinski definition) is 4. The summed E-state index contributed by atoms with van der Waals surface area (Å²) in [5.41, 5.74) is 6.31. The van der Waals surface area contributed by atoms with Crippen LogP contribution >= 0.6 is 0 Å². The largest absolute Gasteiger partial charge is 0.487 e. The molecule has 80 valence electrons. The number of rotatable bonds is 4. The van der Waals surface area contributed by atoms with Gasteiger partial charge in [-0.2, -0.15) is 0 Å². The molecule has 0 aliphatic heterocycles. The first-order valence-corrected chi connectivity index (χ1v) is 4.81. The first-order valence-electron chi connectivity index (χ1n) is 4.81. The molecule has 0 unspecified atom stereocenters. The van der Waals surface area contributed by atoms with Gasteiger partial charge in [-0.15, -0.1) is 0 Å². The van der Waals surface area contributed by atoms with Crippen molar-refractivity contribution >= 4 is 11.0 Å². The molecule has 0 atom stereocenters. The molecular weight excluding hydrogens is 194 g/mol. The molecule has 0 bridgehead atoms. The number of hydrogen-bond donors (Lipinski definition) is 2. The highest BCUT2D eigenvalue weighted by Gasteiger charge is 2.13. The molecule has 1 heterocycles. The van der Waals surface area contributed by atoms with Crippen molar-refractivity contribution < 1.29 is 14.3 Å². The van der Waals surface area contributed by atoms with E-state index in [1.54, 1.807) is 0 Å². The zero-order chi connectivity index (χ0) is 10.7. The lowest BCUT2D eigenvalue weighted by Crippen LogP contribution is -2.04. The number of aliphatic hydroxyl groups is 1. The van der Waals surface area contributed by atoms with E-state index in [0.29, 0.717) is 11.5 Å². The monoisotopic (exact) mass is 207 g/mol. The minimum atomic E-state index is -0.0243. The van der Waals surface area contributed by atoms with Crippen LogP contribution in [-0.4, -0.2) is 18.3 Å². The van der Waals surface area contributed by atoms with Crippen molar-refractivity contribution in [2.45, 2.75) is 6.54 Å². The van der Waals surface area contributed by atoms with E-state index in [1.165, 1.54) is 0 Å². The Labute approximate surface area is 87.2 Å². The van der Waals surface area contributed by atoms with E-state index in [-0.39, 0.29) is 19.8 Å². The summed E-state index contributed by atoms with van der Waals surface area (Å²) in [6, 6.07) is 7.57. The molecule has 0 aliphatic rings. The minimum absolute atomic E-state index is 0.0243. The van der Waals surface area contributed by atoms with E-state index in [2.05, 4.69) is 0 Å². The first-order chi connectivity index (χ1) is 7.36. The molecule has 0 aliphatic carbocycles. The van der Waals surface area contributed by atoms with Gasteiger partial charge in [0.2, 0.25) is 0 Å². The summed E-state index contributed by atoms with van der Waals surface area (Å²) < 4.78 is 10.9. The summed E-state index contributed by atoms with van der Waals surface area (Å²) in [7, 11) is 0. The number of para-hydroxylation sites is 1. The molecule has 2 rings (SSSR count). The second-order valence-corrected chi connectivity index (χ2v) is 3.13. The number of aliphatic hydroxyl groups excluding tert-OH is 1. The third-order valence-corrected chi connectivity index (χ3v) is 2.14. The predicted molar refractivity (Wildman–Crippen MR) is 56.7 cm³/mol. The topological polar surface area (TPSA) is 68.6 Å². The summed E-state index contributed by atoms with van der Waals surface area (Å²) in [4.78, 5) is 0. The van der Waals surface area contributed by atoms with E-state index in [0.717, 1.165) is 11.0 Å². The Morgan fingerprint density at radius 3 is 2.87 bits per heavy atom. The Hall–Kier alpha value is -1.52. The molecule has 0 radical (unpaired) electrons. The number of nitrogens with two attached hydrogens (primary N) is 1. The van der Waals surface area contributed by atoms with Gasteiger partial charge in [-0.05, 0) is 12.1 Å². The molecule has 0 saturated heterocycles. The van der Waals surface area contributed by atoms with Crippen LogP contribution < -0.4 is 10.5 Å². The lowest BCUT2D eigenvalue weighted by Gasteiger charge is -2.02. The lowest BCUT2D eigenvalue weighted by molar-refractivity contribution is 0.200. The molecule has 0 fully saturated rings. The van der Waals surface area contributed by atoms with Crippen LogP contribution in [0.1, 0.15) is 5.76 Å². The van der Waals surface area contributed by atoms with Gasteiger partial charge in [0.05, 0.1) is 18.5 Å². The molecular formula is C11H13NO3. The molecule has 3 N–H and O–H groups in total. The van der Waals surface area contributed by atoms with Crippen molar-refractivity contribution in [3.63, 3.8) is 0 Å². The first kappa shape index (κ1) is 10.0. The highest BCUT2D eigenvalue weighted by molar-refractivity contribution is 5.85. The van der Waals surface area contributed by atoms with Gasteiger partial charge in [-0.3, -0.25) is 0 Å². The van der Waals surface area contributed by atoms with Crippen LogP contribution in [0.15, 0.2) is 28.7 Å². The normalized spacial score (nSPS) is 10.8. The molecule has 4 nitrogen and oxygen atoms in total. The fourth-order valence-corrected chi connectivity index (χ4v) is 1.51. The van der Waals surface area contributed by atoms with Gasteiger partial charge in [0.15, 0.2) is 11.5 Å². The van der Waals surface area contributed by atoms with Crippen molar-refractivity contribution in [2.24, 2.45) is 5.73 Å². The average Bonchev–Trinajstić information content (AvgIpc) is 2.64. The highest BCUT2D eigenvalue weighted by atomic mass is 16.5. The van der Waals surface area contributed by atoms with Crippen molar-refractivity contribution in [3.8, 4) is 5.75 Å². The minimum Gasteiger partial charge on any atom is -0.487 e. The van der Waals surface area contributed by atoms with E-state index in [1.807, 2.05) is 24.3 Å². The maximum Gasteiger partial charge on any atom is 0.169 e. The van der Waals surface area contributed by atoms with Gasteiger partial charge < -0.3 is 20.0 Å². The van der Waals surface area contributed by atoms with Crippen LogP contribution in [0.25, 0.3) is 11.0 Å². The Morgan fingerprint density at radius 2 is 2.13 bits per heavy atom. The predicted octanol–water partition coefficient (Wildman–Crippen LogP) is 1.26. The summed E-state index contributed by atoms with van der Waals surface area (Å²) in [6.07, 6.45) is 0. The van der Waals surface area contributed by atoms with Crippen LogP contribution in [0.2, 0.25) is 0 Å². The van der Waals surface area contributed by atoms with Gasteiger partial charge in [-0.1, -0.05) is 12.1 Å². The van der Waals surface area contributed by atoms with Crippen LogP contribution in [0, 0.1) is 0 Å². The summed E-state index contributed by atoms with van der Waals surface area (Å²) in [5.74, 6) is 1.26. The Bertz CT molecular complexity index is 450. The van der Waals surface area contributed by atoms with E-state index < -0.39 is 0 Å². The SMILES string of the molecule is NCc1oc2ccccc2c1OCCO. The number of ether oxygens (including phenoxy) is 1. The molecule has 4 heteroatoms. The van der Waals surface area contributed by atoms with Crippen LogP contribution in [-0.2, 0) is 6.54 Å². The van der Waals surface area contributed by atoms with E-state index >= 15 is 0 Å². The Morgan fingerprint density at radius 1 is 1.33 bits per heavy atom. The van der Waals surface area contributed by atoms with Crippen molar-refractivity contribution in [3.05, 3.63) is 30.0 Å². The van der Waals surface area contributed by atoms with E-state index in [4.69, 9.17) is 20.0 Å². The molecule has 1 aromatic carbocycles. The van der Waals surface area contributed by atoms with Crippen molar-refractivity contribution in [1.82, 2.24) is 0 Å². The van der Waals surface area contributed by atoms with Gasteiger partial charge in [0.1, 0.15) is 12.2 Å². The summed E-state index contributed by atoms with van der Waals surface area (Å²) >= 11 is 0. The molecule has 0 amide bonds. The quantitative estimate of drug-likeness (QED) is 0.792. The average molecular weight is 207 g/mol. The standard InChI is InChI=1S/C11H13NO3/c12-7-10-11(14-6-5-13)8-3-1-2-4-9(8)15-10/h1-4,13H,5-7,12H2. The summed E-state index contributed by atoms with van der Waals surface area (Å²) in [6.45, 7) is 0.509. The molecule has 15 heavy (non-hydrogen) atoms. The fraction of sp³-hybridized carbons (Fsp3) is 0.273. The van der Waals surface area contributed by atoms with Gasteiger partial charge in [0.25, 0.3) is 0 Å². The fourth-order valence-electron chi connectivity index (χ4n) is 1.51. The van der Waals surface area contributed by atoms with Crippen molar-refractivity contribution in [2.75, 3.05) is 13.2 Å². The van der Waals surface area contributed by atoms with Gasteiger partial charge >= 0.3 is 0 Å². The molecule has 0 saturated carbocycles. The van der Waals surface area contributed by atoms with Gasteiger partial charge in [0, 0.05) is 0 Å². The zero-order valence-electron chi connectivity index (χ0n) is 8.27. The Kier molecular flexibility index (Phi) is 2.89. The number of fused-ring (bicyclic) bond motifs is 1. The number of furan rings is 1. The van der Waals surface area contributed by atoms with Crippen molar-refractivity contribution in [1.29, 1.82) is 0 Å². The van der Waals surface area contributed by atoms with Crippen LogP contribution in [0.5, 0.6) is 5.75 Å².